The molecule has 0 atom stereocenters. The van der Waals surface area contributed by atoms with Gasteiger partial charge in [-0.25, -0.2) is 0 Å². The van der Waals surface area contributed by atoms with Crippen molar-refractivity contribution in [1.82, 2.24) is 19.8 Å². The van der Waals surface area contributed by atoms with Gasteiger partial charge in [-0.3, -0.25) is 4.98 Å². The molecular formula is C31H44N4. The lowest BCUT2D eigenvalue weighted by Crippen LogP contribution is -2.48. The van der Waals surface area contributed by atoms with Crippen LogP contribution in [0.4, 0.5) is 0 Å². The first-order valence-corrected chi connectivity index (χ1v) is 13.9. The summed E-state index contributed by atoms with van der Waals surface area (Å²) >= 11 is 0. The van der Waals surface area contributed by atoms with E-state index in [1.807, 2.05) is 0 Å². The van der Waals surface area contributed by atoms with Crippen molar-refractivity contribution < 1.29 is 0 Å². The summed E-state index contributed by atoms with van der Waals surface area (Å²) in [4.78, 5) is 13.8. The lowest BCUT2D eigenvalue weighted by Gasteiger charge is -2.43. The molecule has 1 aromatic carbocycles. The SMILES string of the molecule is Cc1cc(-c2[nH]c3ccc(C4CCN(C5CCN(C(C)C)CC5)CC4)cc3c2C(C)C)cc(C)n1. The van der Waals surface area contributed by atoms with Gasteiger partial charge in [0.25, 0.3) is 0 Å². The molecule has 0 amide bonds. The van der Waals surface area contributed by atoms with Gasteiger partial charge in [0.15, 0.2) is 0 Å². The number of nitrogens with zero attached hydrogens (tertiary/aromatic N) is 3. The molecule has 2 saturated heterocycles. The molecule has 0 saturated carbocycles. The molecule has 35 heavy (non-hydrogen) atoms. The molecule has 2 aliphatic rings. The lowest BCUT2D eigenvalue weighted by molar-refractivity contribution is 0.0753. The van der Waals surface area contributed by atoms with Crippen molar-refractivity contribution in [2.45, 2.75) is 91.1 Å². The maximum absolute atomic E-state index is 4.59. The van der Waals surface area contributed by atoms with E-state index in [-0.39, 0.29) is 0 Å². The number of fused-ring (bicyclic) bond motifs is 1. The number of aryl methyl sites for hydroxylation is 2. The Kier molecular flexibility index (Phi) is 7.05. The highest BCUT2D eigenvalue weighted by Crippen LogP contribution is 2.39. The molecule has 0 radical (unpaired) electrons. The van der Waals surface area contributed by atoms with Crippen LogP contribution in [0.2, 0.25) is 0 Å². The van der Waals surface area contributed by atoms with Crippen LogP contribution in [0.3, 0.4) is 0 Å². The van der Waals surface area contributed by atoms with Gasteiger partial charge in [-0.2, -0.15) is 0 Å². The van der Waals surface area contributed by atoms with Crippen LogP contribution < -0.4 is 0 Å². The maximum Gasteiger partial charge on any atom is 0.0501 e. The minimum Gasteiger partial charge on any atom is -0.354 e. The minimum atomic E-state index is 0.460. The van der Waals surface area contributed by atoms with E-state index in [1.54, 1.807) is 0 Å². The van der Waals surface area contributed by atoms with Gasteiger partial charge >= 0.3 is 0 Å². The molecule has 188 valence electrons. The van der Waals surface area contributed by atoms with Gasteiger partial charge < -0.3 is 14.8 Å². The van der Waals surface area contributed by atoms with Crippen LogP contribution in [0.5, 0.6) is 0 Å². The number of aromatic nitrogens is 2. The monoisotopic (exact) mass is 472 g/mol. The first-order chi connectivity index (χ1) is 16.8. The Morgan fingerprint density at radius 1 is 0.857 bits per heavy atom. The highest BCUT2D eigenvalue weighted by atomic mass is 15.2. The van der Waals surface area contributed by atoms with E-state index in [2.05, 4.69) is 91.6 Å². The standard InChI is InChI=1S/C31H44N4/c1-20(2)30-28-19-25(7-8-29(28)33-31(30)26-17-22(5)32-23(6)18-26)24-9-13-35(14-10-24)27-11-15-34(16-12-27)21(3)4/h7-8,17-21,24,27,33H,9-16H2,1-6H3. The van der Waals surface area contributed by atoms with Crippen molar-refractivity contribution in [2.75, 3.05) is 26.2 Å². The van der Waals surface area contributed by atoms with Gasteiger partial charge in [0, 0.05) is 39.9 Å². The van der Waals surface area contributed by atoms with Crippen LogP contribution in [0.15, 0.2) is 30.3 Å². The van der Waals surface area contributed by atoms with Crippen LogP contribution in [-0.4, -0.2) is 58.0 Å². The number of pyridine rings is 1. The normalized spacial score (nSPS) is 19.4. The average Bonchev–Trinajstić information content (AvgIpc) is 3.23. The van der Waals surface area contributed by atoms with E-state index >= 15 is 0 Å². The number of hydrogen-bond acceptors (Lipinski definition) is 3. The van der Waals surface area contributed by atoms with E-state index in [0.717, 1.165) is 17.4 Å². The maximum atomic E-state index is 4.59. The molecule has 0 bridgehead atoms. The number of aromatic amines is 1. The molecule has 2 aromatic heterocycles. The Labute approximate surface area is 212 Å². The lowest BCUT2D eigenvalue weighted by atomic mass is 9.86. The molecule has 3 aromatic rings. The number of nitrogens with one attached hydrogen (secondary N) is 1. The second-order valence-corrected chi connectivity index (χ2v) is 11.7. The van der Waals surface area contributed by atoms with Gasteiger partial charge in [-0.05, 0) is 127 Å². The summed E-state index contributed by atoms with van der Waals surface area (Å²) in [5.41, 5.74) is 8.92. The number of rotatable bonds is 5. The molecular weight excluding hydrogens is 428 g/mol. The zero-order chi connectivity index (χ0) is 24.7. The number of H-pyrrole nitrogens is 1. The largest absolute Gasteiger partial charge is 0.354 e. The van der Waals surface area contributed by atoms with Crippen molar-refractivity contribution in [3.05, 3.63) is 52.8 Å². The van der Waals surface area contributed by atoms with Gasteiger partial charge in [0.05, 0.1) is 5.69 Å². The molecule has 5 rings (SSSR count). The molecule has 0 aliphatic carbocycles. The van der Waals surface area contributed by atoms with Crippen LogP contribution in [0.25, 0.3) is 22.2 Å². The Hall–Kier alpha value is -2.17. The number of likely N-dealkylation sites (tertiary alicyclic amines) is 2. The van der Waals surface area contributed by atoms with Gasteiger partial charge in [-0.15, -0.1) is 0 Å². The summed E-state index contributed by atoms with van der Waals surface area (Å²) in [6.07, 6.45) is 5.25. The fourth-order valence-electron chi connectivity index (χ4n) is 6.66. The molecule has 1 N–H and O–H groups in total. The smallest absolute Gasteiger partial charge is 0.0501 e. The van der Waals surface area contributed by atoms with Crippen LogP contribution in [0.1, 0.15) is 87.7 Å². The van der Waals surface area contributed by atoms with Crippen molar-refractivity contribution in [3.63, 3.8) is 0 Å². The molecule has 4 nitrogen and oxygen atoms in total. The summed E-state index contributed by atoms with van der Waals surface area (Å²) in [6, 6.07) is 13.1. The molecule has 2 fully saturated rings. The molecule has 2 aliphatic heterocycles. The zero-order valence-corrected chi connectivity index (χ0v) is 22.7. The summed E-state index contributed by atoms with van der Waals surface area (Å²) in [7, 11) is 0. The summed E-state index contributed by atoms with van der Waals surface area (Å²) in [5, 5.41) is 1.41. The Balaban J connectivity index is 1.34. The number of piperidine rings is 2. The Bertz CT molecular complexity index is 1140. The Morgan fingerprint density at radius 2 is 1.51 bits per heavy atom. The fraction of sp³-hybridized carbons (Fsp3) is 0.581. The summed E-state index contributed by atoms with van der Waals surface area (Å²) < 4.78 is 0. The van der Waals surface area contributed by atoms with E-state index in [4.69, 9.17) is 0 Å². The summed E-state index contributed by atoms with van der Waals surface area (Å²) in [5.74, 6) is 1.14. The van der Waals surface area contributed by atoms with Gasteiger partial charge in [-0.1, -0.05) is 19.9 Å². The molecule has 4 heterocycles. The summed E-state index contributed by atoms with van der Waals surface area (Å²) in [6.45, 7) is 18.5. The van der Waals surface area contributed by atoms with E-state index in [0.29, 0.717) is 17.9 Å². The van der Waals surface area contributed by atoms with Crippen LogP contribution in [0, 0.1) is 13.8 Å². The average molecular weight is 473 g/mol. The van der Waals surface area contributed by atoms with Crippen LogP contribution >= 0.6 is 0 Å². The predicted octanol–water partition coefficient (Wildman–Crippen LogP) is 7.02. The number of benzene rings is 1. The minimum absolute atomic E-state index is 0.460. The van der Waals surface area contributed by atoms with Crippen molar-refractivity contribution in [1.29, 1.82) is 0 Å². The third kappa shape index (κ3) is 5.06. The van der Waals surface area contributed by atoms with Crippen molar-refractivity contribution in [2.24, 2.45) is 0 Å². The molecule has 0 unspecified atom stereocenters. The third-order valence-electron chi connectivity index (χ3n) is 8.56. The van der Waals surface area contributed by atoms with Gasteiger partial charge in [0.1, 0.15) is 0 Å². The third-order valence-corrected chi connectivity index (χ3v) is 8.56. The van der Waals surface area contributed by atoms with Crippen molar-refractivity contribution >= 4 is 10.9 Å². The topological polar surface area (TPSA) is 35.2 Å². The first-order valence-electron chi connectivity index (χ1n) is 13.9. The number of hydrogen-bond donors (Lipinski definition) is 1. The van der Waals surface area contributed by atoms with E-state index in [9.17, 15) is 0 Å². The Morgan fingerprint density at radius 3 is 2.11 bits per heavy atom. The zero-order valence-electron chi connectivity index (χ0n) is 22.7. The highest BCUT2D eigenvalue weighted by Gasteiger charge is 2.29. The van der Waals surface area contributed by atoms with Gasteiger partial charge in [0.2, 0.25) is 0 Å². The van der Waals surface area contributed by atoms with Crippen LogP contribution in [-0.2, 0) is 0 Å². The van der Waals surface area contributed by atoms with E-state index < -0.39 is 0 Å². The fourth-order valence-corrected chi connectivity index (χ4v) is 6.66. The quantitative estimate of drug-likeness (QED) is 0.433. The van der Waals surface area contributed by atoms with E-state index in [1.165, 1.54) is 85.1 Å². The second kappa shape index (κ2) is 10.1. The second-order valence-electron chi connectivity index (χ2n) is 11.7. The predicted molar refractivity (Wildman–Crippen MR) is 148 cm³/mol. The molecule has 0 spiro atoms. The van der Waals surface area contributed by atoms with Crippen molar-refractivity contribution in [3.8, 4) is 11.3 Å². The highest BCUT2D eigenvalue weighted by molar-refractivity contribution is 5.92. The molecule has 4 heteroatoms. The first kappa shape index (κ1) is 24.5.